The van der Waals surface area contributed by atoms with Crippen LogP contribution in [0.15, 0.2) is 65.3 Å². The van der Waals surface area contributed by atoms with Gasteiger partial charge in [-0.15, -0.1) is 0 Å². The fourth-order valence-electron chi connectivity index (χ4n) is 4.65. The van der Waals surface area contributed by atoms with Gasteiger partial charge in [0.15, 0.2) is 0 Å². The highest BCUT2D eigenvalue weighted by atomic mass is 79.9. The van der Waals surface area contributed by atoms with Crippen LogP contribution in [0.3, 0.4) is 0 Å². The zero-order valence-corrected chi connectivity index (χ0v) is 22.1. The van der Waals surface area contributed by atoms with Gasteiger partial charge in [-0.1, -0.05) is 39.7 Å². The average molecular weight is 579 g/mol. The molecule has 0 atom stereocenters. The van der Waals surface area contributed by atoms with Crippen LogP contribution in [0, 0.1) is 17.1 Å². The maximum atomic E-state index is 13.6. The highest BCUT2D eigenvalue weighted by Gasteiger charge is 2.26. The van der Waals surface area contributed by atoms with Crippen LogP contribution >= 0.6 is 27.5 Å². The van der Waals surface area contributed by atoms with Crippen LogP contribution in [0.5, 0.6) is 0 Å². The molecule has 6 nitrogen and oxygen atoms in total. The summed E-state index contributed by atoms with van der Waals surface area (Å²) in [6.07, 6.45) is 6.20. The summed E-state index contributed by atoms with van der Waals surface area (Å²) in [4.78, 5) is 19.6. The van der Waals surface area contributed by atoms with Gasteiger partial charge in [0.1, 0.15) is 11.0 Å². The van der Waals surface area contributed by atoms with E-state index in [-0.39, 0.29) is 11.8 Å². The second kappa shape index (κ2) is 10.9. The summed E-state index contributed by atoms with van der Waals surface area (Å²) in [6.45, 7) is 2.38. The summed E-state index contributed by atoms with van der Waals surface area (Å²) in [5, 5.41) is 13.7. The Bertz CT molecular complexity index is 1580. The van der Waals surface area contributed by atoms with E-state index in [9.17, 15) is 14.4 Å². The first-order valence-corrected chi connectivity index (χ1v) is 12.9. The minimum absolute atomic E-state index is 0.229. The Hall–Kier alpha value is -3.51. The number of hydrogen-bond donors (Lipinski definition) is 1. The van der Waals surface area contributed by atoms with Crippen LogP contribution < -0.4 is 5.32 Å². The zero-order chi connectivity index (χ0) is 25.9. The maximum absolute atomic E-state index is 13.6. The summed E-state index contributed by atoms with van der Waals surface area (Å²) in [7, 11) is 0. The van der Waals surface area contributed by atoms with E-state index in [1.807, 2.05) is 30.4 Å². The van der Waals surface area contributed by atoms with E-state index in [0.717, 1.165) is 44.3 Å². The Morgan fingerprint density at radius 2 is 2.11 bits per heavy atom. The van der Waals surface area contributed by atoms with Crippen molar-refractivity contribution in [2.45, 2.75) is 19.5 Å². The Morgan fingerprint density at radius 1 is 1.24 bits per heavy atom. The minimum Gasteiger partial charge on any atom is -0.333 e. The number of rotatable bonds is 5. The van der Waals surface area contributed by atoms with Gasteiger partial charge in [0.25, 0.3) is 0 Å². The minimum atomic E-state index is -0.281. The van der Waals surface area contributed by atoms with Crippen molar-refractivity contribution in [3.8, 4) is 6.07 Å². The van der Waals surface area contributed by atoms with Gasteiger partial charge in [-0.25, -0.2) is 14.2 Å². The number of hydrogen-bond acceptors (Lipinski definition) is 4. The first-order chi connectivity index (χ1) is 17.9. The predicted octanol–water partition coefficient (Wildman–Crippen LogP) is 6.29. The van der Waals surface area contributed by atoms with Crippen molar-refractivity contribution < 1.29 is 9.18 Å². The first kappa shape index (κ1) is 25.2. The Kier molecular flexibility index (Phi) is 7.38. The van der Waals surface area contributed by atoms with Gasteiger partial charge >= 0.3 is 6.03 Å². The molecule has 1 amide bonds. The number of nitrogens with zero attached hydrogens (tertiary/aromatic N) is 4. The fourth-order valence-corrected chi connectivity index (χ4v) is 5.23. The van der Waals surface area contributed by atoms with Gasteiger partial charge in [0.2, 0.25) is 0 Å². The lowest BCUT2D eigenvalue weighted by Crippen LogP contribution is -2.34. The van der Waals surface area contributed by atoms with E-state index >= 15 is 0 Å². The number of benzene rings is 2. The highest BCUT2D eigenvalue weighted by Crippen LogP contribution is 2.32. The third kappa shape index (κ3) is 5.44. The molecule has 9 heteroatoms. The lowest BCUT2D eigenvalue weighted by molar-refractivity contribution is 0.240. The number of carbonyl (C=O) groups is 1. The molecule has 37 heavy (non-hydrogen) atoms. The van der Waals surface area contributed by atoms with Gasteiger partial charge in [0.05, 0.1) is 17.1 Å². The topological polar surface area (TPSA) is 74.0 Å². The number of amides is 1. The molecule has 0 unspecified atom stereocenters. The van der Waals surface area contributed by atoms with Gasteiger partial charge in [0, 0.05) is 54.3 Å². The summed E-state index contributed by atoms with van der Waals surface area (Å²) in [5.74, 6) is -0.281. The molecule has 0 aliphatic carbocycles. The van der Waals surface area contributed by atoms with E-state index in [0.29, 0.717) is 36.8 Å². The van der Waals surface area contributed by atoms with Crippen molar-refractivity contribution in [2.75, 3.05) is 13.1 Å². The summed E-state index contributed by atoms with van der Waals surface area (Å²) >= 11 is 9.43. The molecule has 1 aliphatic heterocycles. The highest BCUT2D eigenvalue weighted by molar-refractivity contribution is 9.10. The molecular weight excluding hydrogens is 557 g/mol. The predicted molar refractivity (Wildman–Crippen MR) is 146 cm³/mol. The molecule has 5 rings (SSSR count). The van der Waals surface area contributed by atoms with E-state index in [2.05, 4.69) is 37.2 Å². The van der Waals surface area contributed by atoms with Crippen molar-refractivity contribution in [3.63, 3.8) is 0 Å². The molecule has 0 bridgehead atoms. The summed E-state index contributed by atoms with van der Waals surface area (Å²) in [6, 6.07) is 15.5. The molecular formula is C28H22BrClFN5O. The molecule has 1 aliphatic rings. The van der Waals surface area contributed by atoms with Crippen molar-refractivity contribution in [2.24, 2.45) is 0 Å². The van der Waals surface area contributed by atoms with Crippen LogP contribution in [0.25, 0.3) is 17.0 Å². The molecule has 2 aromatic heterocycles. The van der Waals surface area contributed by atoms with Crippen LogP contribution in [0.2, 0.25) is 5.15 Å². The number of aromatic nitrogens is 2. The quantitative estimate of drug-likeness (QED) is 0.282. The third-order valence-electron chi connectivity index (χ3n) is 6.41. The number of nitrogens with one attached hydrogen (secondary N) is 1. The molecule has 0 saturated carbocycles. The number of pyridine rings is 1. The monoisotopic (exact) mass is 577 g/mol. The molecule has 0 saturated heterocycles. The molecule has 1 N–H and O–H groups in total. The second-order valence-electron chi connectivity index (χ2n) is 8.80. The molecule has 0 fully saturated rings. The largest absolute Gasteiger partial charge is 0.333 e. The number of fused-ring (bicyclic) bond motifs is 3. The van der Waals surface area contributed by atoms with Crippen molar-refractivity contribution in [3.05, 3.63) is 104 Å². The molecule has 4 aromatic rings. The molecule has 186 valence electrons. The van der Waals surface area contributed by atoms with Crippen LogP contribution in [-0.4, -0.2) is 33.6 Å². The van der Waals surface area contributed by atoms with Crippen molar-refractivity contribution >= 4 is 50.5 Å². The molecule has 2 aromatic carbocycles. The lowest BCUT2D eigenvalue weighted by Gasteiger charge is -2.27. The van der Waals surface area contributed by atoms with E-state index in [4.69, 9.17) is 11.6 Å². The normalized spacial score (nSPS) is 13.6. The van der Waals surface area contributed by atoms with Crippen molar-refractivity contribution in [1.29, 1.82) is 5.26 Å². The number of nitriles is 1. The fraction of sp³-hybridized carbons (Fsp3) is 0.179. The van der Waals surface area contributed by atoms with Gasteiger partial charge in [-0.2, -0.15) is 5.26 Å². The van der Waals surface area contributed by atoms with Crippen LogP contribution in [-0.2, 0) is 19.5 Å². The van der Waals surface area contributed by atoms with Crippen LogP contribution in [0.1, 0.15) is 27.9 Å². The van der Waals surface area contributed by atoms with E-state index < -0.39 is 0 Å². The van der Waals surface area contributed by atoms with E-state index in [1.165, 1.54) is 12.1 Å². The Balaban J connectivity index is 1.40. The van der Waals surface area contributed by atoms with Gasteiger partial charge < -0.3 is 5.32 Å². The SMILES string of the molecule is N#Cc1ccc2c(c1)c1c(n2C(=O)NCc2ccnc(Cl)c2)CCN(CC=Cc2cc(F)ccc2Br)C1. The Morgan fingerprint density at radius 3 is 2.92 bits per heavy atom. The number of carbonyl (C=O) groups excluding carboxylic acids is 1. The average Bonchev–Trinajstić information content (AvgIpc) is 3.22. The molecule has 3 heterocycles. The molecule has 0 radical (unpaired) electrons. The maximum Gasteiger partial charge on any atom is 0.326 e. The smallest absolute Gasteiger partial charge is 0.326 e. The standard InChI is InChI=1S/C28H22BrClFN5O/c29-24-5-4-21(31)14-20(24)2-1-10-35-11-8-26-23(17-35)22-12-18(15-32)3-6-25(22)36(26)28(37)34-16-19-7-9-33-27(30)13-19/h1-7,9,12-14H,8,10-11,16-17H2,(H,34,37). The summed E-state index contributed by atoms with van der Waals surface area (Å²) < 4.78 is 16.2. The van der Waals surface area contributed by atoms with Crippen LogP contribution in [0.4, 0.5) is 9.18 Å². The number of halogens is 3. The lowest BCUT2D eigenvalue weighted by atomic mass is 10.0. The van der Waals surface area contributed by atoms with Crippen molar-refractivity contribution in [1.82, 2.24) is 19.8 Å². The van der Waals surface area contributed by atoms with Gasteiger partial charge in [-0.05, 0) is 65.2 Å². The second-order valence-corrected chi connectivity index (χ2v) is 10.0. The first-order valence-electron chi connectivity index (χ1n) is 11.7. The molecule has 0 spiro atoms. The Labute approximate surface area is 227 Å². The van der Waals surface area contributed by atoms with E-state index in [1.54, 1.807) is 29.0 Å². The van der Waals surface area contributed by atoms with Gasteiger partial charge in [-0.3, -0.25) is 9.47 Å². The summed E-state index contributed by atoms with van der Waals surface area (Å²) in [5.41, 5.74) is 4.94. The zero-order valence-electron chi connectivity index (χ0n) is 19.7. The third-order valence-corrected chi connectivity index (χ3v) is 7.34.